The molecule has 1 aliphatic rings. The standard InChI is InChI=1S/C23H26BNO6/c1-23(2)15-30-24(31-16-23)19-11-9-17(10-12-19)13-20(21(26)28-3)25-22(27)29-14-18-7-5-4-6-8-18/h4-13H,14-16H2,1-3H3,(H,25,27)/b20-13-. The molecule has 1 fully saturated rings. The van der Waals surface area contributed by atoms with E-state index in [9.17, 15) is 9.59 Å². The van der Waals surface area contributed by atoms with Gasteiger partial charge in [0.15, 0.2) is 0 Å². The Morgan fingerprint density at radius 2 is 1.71 bits per heavy atom. The molecule has 1 saturated heterocycles. The Hall–Kier alpha value is -3.10. The molecule has 1 amide bonds. The molecule has 0 saturated carbocycles. The number of carbonyl (C=O) groups excluding carboxylic acids is 2. The minimum Gasteiger partial charge on any atom is -0.464 e. The van der Waals surface area contributed by atoms with Crippen molar-refractivity contribution in [3.05, 3.63) is 71.4 Å². The largest absolute Gasteiger partial charge is 0.493 e. The molecule has 8 heteroatoms. The molecule has 162 valence electrons. The predicted molar refractivity (Wildman–Crippen MR) is 117 cm³/mol. The zero-order chi connectivity index (χ0) is 22.3. The summed E-state index contributed by atoms with van der Waals surface area (Å²) in [4.78, 5) is 24.2. The third-order valence-corrected chi connectivity index (χ3v) is 4.63. The van der Waals surface area contributed by atoms with Gasteiger partial charge in [0.2, 0.25) is 0 Å². The maximum Gasteiger partial charge on any atom is 0.493 e. The number of rotatable bonds is 6. The van der Waals surface area contributed by atoms with Crippen LogP contribution in [0.4, 0.5) is 4.79 Å². The number of benzene rings is 2. The van der Waals surface area contributed by atoms with Gasteiger partial charge in [-0.25, -0.2) is 9.59 Å². The zero-order valence-electron chi connectivity index (χ0n) is 17.9. The van der Waals surface area contributed by atoms with Gasteiger partial charge in [0.05, 0.1) is 7.11 Å². The van der Waals surface area contributed by atoms with Crippen LogP contribution < -0.4 is 10.8 Å². The number of alkyl carbamates (subject to hydrolysis) is 1. The summed E-state index contributed by atoms with van der Waals surface area (Å²) < 4.78 is 21.5. The van der Waals surface area contributed by atoms with Gasteiger partial charge in [-0.2, -0.15) is 0 Å². The fourth-order valence-electron chi connectivity index (χ4n) is 2.93. The first-order valence-electron chi connectivity index (χ1n) is 9.97. The van der Waals surface area contributed by atoms with E-state index in [2.05, 4.69) is 19.2 Å². The van der Waals surface area contributed by atoms with Crippen molar-refractivity contribution in [2.24, 2.45) is 5.41 Å². The minimum atomic E-state index is -0.747. The van der Waals surface area contributed by atoms with Crippen molar-refractivity contribution in [1.82, 2.24) is 5.32 Å². The summed E-state index contributed by atoms with van der Waals surface area (Å²) in [6.07, 6.45) is 0.772. The molecule has 0 bridgehead atoms. The molecular weight excluding hydrogens is 397 g/mol. The van der Waals surface area contributed by atoms with Crippen molar-refractivity contribution >= 4 is 30.7 Å². The highest BCUT2D eigenvalue weighted by molar-refractivity contribution is 6.61. The first-order chi connectivity index (χ1) is 14.9. The maximum absolute atomic E-state index is 12.1. The summed E-state index contributed by atoms with van der Waals surface area (Å²) in [5, 5.41) is 2.45. The lowest BCUT2D eigenvalue weighted by Gasteiger charge is -2.33. The number of methoxy groups -OCH3 is 1. The Kier molecular flexibility index (Phi) is 7.49. The highest BCUT2D eigenvalue weighted by Gasteiger charge is 2.33. The van der Waals surface area contributed by atoms with Gasteiger partial charge in [-0.05, 0) is 22.7 Å². The van der Waals surface area contributed by atoms with Gasteiger partial charge < -0.3 is 18.8 Å². The Morgan fingerprint density at radius 1 is 1.06 bits per heavy atom. The smallest absolute Gasteiger partial charge is 0.464 e. The van der Waals surface area contributed by atoms with Crippen molar-refractivity contribution < 1.29 is 28.4 Å². The van der Waals surface area contributed by atoms with Crippen LogP contribution >= 0.6 is 0 Å². The average Bonchev–Trinajstić information content (AvgIpc) is 2.78. The van der Waals surface area contributed by atoms with Crippen LogP contribution in [-0.2, 0) is 30.2 Å². The van der Waals surface area contributed by atoms with Crippen molar-refractivity contribution in [2.75, 3.05) is 20.3 Å². The van der Waals surface area contributed by atoms with Gasteiger partial charge in [-0.1, -0.05) is 68.4 Å². The molecule has 3 rings (SSSR count). The van der Waals surface area contributed by atoms with E-state index in [0.717, 1.165) is 11.0 Å². The summed E-state index contributed by atoms with van der Waals surface area (Å²) in [5.41, 5.74) is 2.38. The third kappa shape index (κ3) is 6.70. The lowest BCUT2D eigenvalue weighted by Crippen LogP contribution is -2.47. The monoisotopic (exact) mass is 423 g/mol. The number of hydrogen-bond donors (Lipinski definition) is 1. The fourth-order valence-corrected chi connectivity index (χ4v) is 2.93. The van der Waals surface area contributed by atoms with Crippen LogP contribution in [0.25, 0.3) is 6.08 Å². The molecule has 0 unspecified atom stereocenters. The second kappa shape index (κ2) is 10.3. The summed E-state index contributed by atoms with van der Waals surface area (Å²) in [6.45, 7) is 5.49. The molecule has 7 nitrogen and oxygen atoms in total. The average molecular weight is 423 g/mol. The lowest BCUT2D eigenvalue weighted by atomic mass is 9.75. The first-order valence-corrected chi connectivity index (χ1v) is 9.97. The highest BCUT2D eigenvalue weighted by atomic mass is 16.6. The zero-order valence-corrected chi connectivity index (χ0v) is 17.9. The van der Waals surface area contributed by atoms with E-state index in [1.54, 1.807) is 0 Å². The minimum absolute atomic E-state index is 0.00458. The van der Waals surface area contributed by atoms with Crippen LogP contribution in [0, 0.1) is 5.41 Å². The van der Waals surface area contributed by atoms with E-state index in [-0.39, 0.29) is 17.7 Å². The van der Waals surface area contributed by atoms with Gasteiger partial charge in [-0.3, -0.25) is 5.32 Å². The number of ether oxygens (including phenoxy) is 2. The summed E-state index contributed by atoms with van der Waals surface area (Å²) in [7, 11) is 0.826. The van der Waals surface area contributed by atoms with E-state index in [1.807, 2.05) is 54.6 Å². The van der Waals surface area contributed by atoms with Crippen LogP contribution in [0.3, 0.4) is 0 Å². The quantitative estimate of drug-likeness (QED) is 0.437. The van der Waals surface area contributed by atoms with Gasteiger partial charge in [0, 0.05) is 18.6 Å². The van der Waals surface area contributed by atoms with Gasteiger partial charge >= 0.3 is 19.2 Å². The number of amides is 1. The van der Waals surface area contributed by atoms with E-state index in [4.69, 9.17) is 18.8 Å². The molecule has 2 aromatic carbocycles. The molecule has 0 spiro atoms. The predicted octanol–water partition coefficient (Wildman–Crippen LogP) is 2.90. The highest BCUT2D eigenvalue weighted by Crippen LogP contribution is 2.21. The molecule has 1 heterocycles. The Balaban J connectivity index is 1.64. The fraction of sp³-hybridized carbons (Fsp3) is 0.304. The molecule has 1 aliphatic heterocycles. The molecule has 0 aliphatic carbocycles. The lowest BCUT2D eigenvalue weighted by molar-refractivity contribution is -0.136. The molecule has 0 radical (unpaired) electrons. The normalized spacial score (nSPS) is 15.8. The molecule has 0 aromatic heterocycles. The molecule has 1 N–H and O–H groups in total. The van der Waals surface area contributed by atoms with E-state index in [1.165, 1.54) is 13.2 Å². The summed E-state index contributed by atoms with van der Waals surface area (Å²) in [6, 6.07) is 16.6. The van der Waals surface area contributed by atoms with Gasteiger partial charge in [-0.15, -0.1) is 0 Å². The second-order valence-electron chi connectivity index (χ2n) is 8.02. The Labute approximate surface area is 182 Å². The van der Waals surface area contributed by atoms with E-state index >= 15 is 0 Å². The molecular formula is C23H26BNO6. The van der Waals surface area contributed by atoms with Crippen molar-refractivity contribution in [2.45, 2.75) is 20.5 Å². The van der Waals surface area contributed by atoms with E-state index < -0.39 is 19.2 Å². The van der Waals surface area contributed by atoms with Crippen LogP contribution in [0.5, 0.6) is 0 Å². The Bertz CT molecular complexity index is 917. The summed E-state index contributed by atoms with van der Waals surface area (Å²) in [5.74, 6) is -0.679. The topological polar surface area (TPSA) is 83.1 Å². The van der Waals surface area contributed by atoms with Crippen LogP contribution in [0.15, 0.2) is 60.3 Å². The second-order valence-corrected chi connectivity index (χ2v) is 8.02. The van der Waals surface area contributed by atoms with Crippen LogP contribution in [0.1, 0.15) is 25.0 Å². The maximum atomic E-state index is 12.1. The van der Waals surface area contributed by atoms with Crippen molar-refractivity contribution in [3.8, 4) is 0 Å². The number of esters is 1. The van der Waals surface area contributed by atoms with Crippen LogP contribution in [0.2, 0.25) is 0 Å². The molecule has 2 aromatic rings. The number of nitrogens with one attached hydrogen (secondary N) is 1. The van der Waals surface area contributed by atoms with E-state index in [0.29, 0.717) is 18.8 Å². The number of hydrogen-bond acceptors (Lipinski definition) is 6. The third-order valence-electron chi connectivity index (χ3n) is 4.63. The van der Waals surface area contributed by atoms with Crippen molar-refractivity contribution in [1.29, 1.82) is 0 Å². The molecule has 0 atom stereocenters. The summed E-state index contributed by atoms with van der Waals surface area (Å²) >= 11 is 0. The van der Waals surface area contributed by atoms with Gasteiger partial charge in [0.1, 0.15) is 12.3 Å². The van der Waals surface area contributed by atoms with Gasteiger partial charge in [0.25, 0.3) is 0 Å². The first kappa shape index (κ1) is 22.6. The Morgan fingerprint density at radius 3 is 2.32 bits per heavy atom. The van der Waals surface area contributed by atoms with Crippen molar-refractivity contribution in [3.63, 3.8) is 0 Å². The molecule has 31 heavy (non-hydrogen) atoms. The number of carbonyl (C=O) groups is 2. The SMILES string of the molecule is COC(=O)/C(=C/c1ccc(B2OCC(C)(C)CO2)cc1)NC(=O)OCc1ccccc1. The van der Waals surface area contributed by atoms with Crippen LogP contribution in [-0.4, -0.2) is 39.5 Å².